The molecule has 0 amide bonds. The van der Waals surface area contributed by atoms with Crippen molar-refractivity contribution in [3.05, 3.63) is 119 Å². The first kappa shape index (κ1) is 20.7. The van der Waals surface area contributed by atoms with Crippen LogP contribution in [0.15, 0.2) is 122 Å². The van der Waals surface area contributed by atoms with Gasteiger partial charge in [-0.2, -0.15) is 11.3 Å². The van der Waals surface area contributed by atoms with E-state index < -0.39 is 0 Å². The molecule has 0 unspecified atom stereocenters. The molecule has 4 aromatic rings. The van der Waals surface area contributed by atoms with Gasteiger partial charge in [-0.25, -0.2) is 9.38 Å². The molecule has 0 spiro atoms. The van der Waals surface area contributed by atoms with E-state index in [1.54, 1.807) is 47.0 Å². The van der Waals surface area contributed by atoms with Crippen molar-refractivity contribution < 1.29 is 4.39 Å². The molecule has 0 aliphatic carbocycles. The third-order valence-corrected chi connectivity index (χ3v) is 6.73. The smallest absolute Gasteiger partial charge is 0.123 e. The van der Waals surface area contributed by atoms with E-state index >= 15 is 0 Å². The van der Waals surface area contributed by atoms with E-state index in [1.807, 2.05) is 48.5 Å². The van der Waals surface area contributed by atoms with Crippen molar-refractivity contribution in [3.63, 3.8) is 0 Å². The molecular formula is C25H18FNS3. The van der Waals surface area contributed by atoms with Gasteiger partial charge >= 0.3 is 0 Å². The molecule has 0 radical (unpaired) electrons. The summed E-state index contributed by atoms with van der Waals surface area (Å²) in [4.78, 5) is 7.08. The average molecular weight is 448 g/mol. The largest absolute Gasteiger partial charge is 0.241 e. The Labute approximate surface area is 188 Å². The minimum atomic E-state index is -0.229. The summed E-state index contributed by atoms with van der Waals surface area (Å²) in [6, 6.07) is 28.9. The highest BCUT2D eigenvalue weighted by Gasteiger charge is 2.13. The lowest BCUT2D eigenvalue weighted by Crippen LogP contribution is -1.97. The van der Waals surface area contributed by atoms with Crippen molar-refractivity contribution in [2.75, 3.05) is 0 Å². The highest BCUT2D eigenvalue weighted by Crippen LogP contribution is 2.35. The summed E-state index contributed by atoms with van der Waals surface area (Å²) in [6.07, 6.45) is 0. The molecule has 0 saturated heterocycles. The number of aliphatic imine (C=N–C) groups is 1. The predicted molar refractivity (Wildman–Crippen MR) is 130 cm³/mol. The van der Waals surface area contributed by atoms with Crippen LogP contribution in [0.5, 0.6) is 0 Å². The van der Waals surface area contributed by atoms with Gasteiger partial charge in [0, 0.05) is 15.4 Å². The third-order valence-electron chi connectivity index (χ3n) is 4.13. The number of benzene rings is 3. The second-order valence-electron chi connectivity index (χ2n) is 6.28. The zero-order chi connectivity index (χ0) is 20.6. The summed E-state index contributed by atoms with van der Waals surface area (Å²) in [5.74, 6) is -0.229. The maximum absolute atomic E-state index is 13.3. The molecule has 1 heterocycles. The van der Waals surface area contributed by atoms with Gasteiger partial charge in [0.15, 0.2) is 0 Å². The van der Waals surface area contributed by atoms with Gasteiger partial charge in [-0.05, 0) is 76.3 Å². The Morgan fingerprint density at radius 1 is 0.800 bits per heavy atom. The molecule has 0 atom stereocenters. The highest BCUT2D eigenvalue weighted by atomic mass is 32.2. The Balaban J connectivity index is 1.75. The van der Waals surface area contributed by atoms with E-state index in [2.05, 4.69) is 34.4 Å². The fourth-order valence-electron chi connectivity index (χ4n) is 2.66. The minimum Gasteiger partial charge on any atom is -0.241 e. The molecular weight excluding hydrogens is 429 g/mol. The molecule has 30 heavy (non-hydrogen) atoms. The minimum absolute atomic E-state index is 0.229. The summed E-state index contributed by atoms with van der Waals surface area (Å²) in [6.45, 7) is 0. The van der Waals surface area contributed by atoms with Gasteiger partial charge in [0.05, 0.1) is 5.69 Å². The zero-order valence-electron chi connectivity index (χ0n) is 15.9. The van der Waals surface area contributed by atoms with Gasteiger partial charge in [0.2, 0.25) is 0 Å². The van der Waals surface area contributed by atoms with Crippen molar-refractivity contribution >= 4 is 51.2 Å². The van der Waals surface area contributed by atoms with Crippen LogP contribution in [0.3, 0.4) is 0 Å². The Kier molecular flexibility index (Phi) is 7.19. The number of nitrogens with zero attached hydrogens (tertiary/aromatic N) is 1. The van der Waals surface area contributed by atoms with Crippen LogP contribution in [0.4, 0.5) is 10.1 Å². The standard InChI is InChI=1S/C25H18FNS3/c26-20-11-13-22(14-12-20)29-18-24(19-15-16-28-17-19)25(27-21-7-3-1-4-8-21)30-23-9-5-2-6-10-23/h1-18H/b24-18?,27-25+. The summed E-state index contributed by atoms with van der Waals surface area (Å²) in [7, 11) is 0. The number of hydrogen-bond acceptors (Lipinski definition) is 4. The second-order valence-corrected chi connectivity index (χ2v) is 9.07. The number of para-hydroxylation sites is 1. The molecule has 4 rings (SSSR count). The number of halogens is 1. The van der Waals surface area contributed by atoms with E-state index in [0.29, 0.717) is 0 Å². The fraction of sp³-hybridized carbons (Fsp3) is 0. The Morgan fingerprint density at radius 2 is 1.50 bits per heavy atom. The van der Waals surface area contributed by atoms with Crippen LogP contribution >= 0.6 is 34.9 Å². The van der Waals surface area contributed by atoms with Gasteiger partial charge < -0.3 is 0 Å². The molecule has 3 aromatic carbocycles. The fourth-order valence-corrected chi connectivity index (χ4v) is 5.14. The molecule has 1 nitrogen and oxygen atoms in total. The summed E-state index contributed by atoms with van der Waals surface area (Å²) in [5, 5.41) is 7.22. The van der Waals surface area contributed by atoms with E-state index in [0.717, 1.165) is 31.7 Å². The Hall–Kier alpha value is -2.60. The van der Waals surface area contributed by atoms with Crippen molar-refractivity contribution in [1.29, 1.82) is 0 Å². The van der Waals surface area contributed by atoms with Gasteiger partial charge in [-0.3, -0.25) is 0 Å². The lowest BCUT2D eigenvalue weighted by molar-refractivity contribution is 0.626. The van der Waals surface area contributed by atoms with Gasteiger partial charge in [-0.15, -0.1) is 0 Å². The van der Waals surface area contributed by atoms with Crippen molar-refractivity contribution in [1.82, 2.24) is 0 Å². The Bertz CT molecular complexity index is 1120. The van der Waals surface area contributed by atoms with E-state index in [4.69, 9.17) is 4.99 Å². The SMILES string of the molecule is Fc1ccc(SC=C(/C(=N\c2ccccc2)Sc2ccccc2)c2ccsc2)cc1. The van der Waals surface area contributed by atoms with Crippen LogP contribution in [0.25, 0.3) is 5.57 Å². The van der Waals surface area contributed by atoms with Crippen molar-refractivity contribution in [2.45, 2.75) is 9.79 Å². The molecule has 0 fully saturated rings. The number of thiophene rings is 1. The van der Waals surface area contributed by atoms with Gasteiger partial charge in [0.25, 0.3) is 0 Å². The number of hydrogen-bond donors (Lipinski definition) is 0. The third kappa shape index (κ3) is 5.72. The first-order valence-corrected chi connectivity index (χ1v) is 11.9. The molecule has 148 valence electrons. The van der Waals surface area contributed by atoms with Gasteiger partial charge in [-0.1, -0.05) is 59.9 Å². The molecule has 0 aliphatic rings. The van der Waals surface area contributed by atoms with Crippen molar-refractivity contribution in [2.24, 2.45) is 4.99 Å². The molecule has 0 N–H and O–H groups in total. The van der Waals surface area contributed by atoms with Gasteiger partial charge in [0.1, 0.15) is 10.9 Å². The highest BCUT2D eigenvalue weighted by molar-refractivity contribution is 8.15. The van der Waals surface area contributed by atoms with Crippen molar-refractivity contribution in [3.8, 4) is 0 Å². The van der Waals surface area contributed by atoms with Crippen LogP contribution in [0, 0.1) is 5.82 Å². The van der Waals surface area contributed by atoms with E-state index in [-0.39, 0.29) is 5.82 Å². The monoisotopic (exact) mass is 447 g/mol. The second kappa shape index (κ2) is 10.4. The molecule has 5 heteroatoms. The lowest BCUT2D eigenvalue weighted by Gasteiger charge is -2.11. The zero-order valence-corrected chi connectivity index (χ0v) is 18.4. The topological polar surface area (TPSA) is 12.4 Å². The quantitative estimate of drug-likeness (QED) is 0.167. The van der Waals surface area contributed by atoms with E-state index in [1.165, 1.54) is 12.1 Å². The summed E-state index contributed by atoms with van der Waals surface area (Å²) in [5.41, 5.74) is 3.07. The molecule has 0 saturated carbocycles. The van der Waals surface area contributed by atoms with Crippen LogP contribution in [0.2, 0.25) is 0 Å². The summed E-state index contributed by atoms with van der Waals surface area (Å²) < 4.78 is 13.3. The lowest BCUT2D eigenvalue weighted by atomic mass is 10.2. The maximum atomic E-state index is 13.3. The number of rotatable bonds is 6. The van der Waals surface area contributed by atoms with Crippen LogP contribution in [-0.2, 0) is 0 Å². The molecule has 1 aromatic heterocycles. The normalized spacial score (nSPS) is 12.2. The molecule has 0 aliphatic heterocycles. The maximum Gasteiger partial charge on any atom is 0.123 e. The number of thioether (sulfide) groups is 2. The first-order chi connectivity index (χ1) is 14.8. The predicted octanol–water partition coefficient (Wildman–Crippen LogP) is 8.54. The molecule has 0 bridgehead atoms. The van der Waals surface area contributed by atoms with Crippen LogP contribution in [0.1, 0.15) is 5.56 Å². The van der Waals surface area contributed by atoms with Crippen LogP contribution in [-0.4, -0.2) is 5.04 Å². The average Bonchev–Trinajstić information content (AvgIpc) is 3.31. The van der Waals surface area contributed by atoms with E-state index in [9.17, 15) is 4.39 Å². The Morgan fingerprint density at radius 3 is 2.17 bits per heavy atom. The van der Waals surface area contributed by atoms with Crippen LogP contribution < -0.4 is 0 Å². The summed E-state index contributed by atoms with van der Waals surface area (Å²) >= 11 is 4.86. The first-order valence-electron chi connectivity index (χ1n) is 9.30.